The average Bonchev–Trinajstić information content (AvgIpc) is 2.34. The van der Waals surface area contributed by atoms with Gasteiger partial charge in [-0.2, -0.15) is 13.2 Å². The highest BCUT2D eigenvalue weighted by Gasteiger charge is 2.29. The number of hydrogen-bond donors (Lipinski definition) is 2. The molecule has 0 aromatic heterocycles. The molecule has 1 atom stereocenters. The van der Waals surface area contributed by atoms with Gasteiger partial charge >= 0.3 is 6.18 Å². The maximum atomic E-state index is 12.2. The second-order valence-electron chi connectivity index (χ2n) is 5.51. The fourth-order valence-corrected chi connectivity index (χ4v) is 2.23. The SMILES string of the molecule is CC(C(=O)Nc1cccc(CCC(F)(F)F)c1)C1CNC1.Cl. The zero-order valence-electron chi connectivity index (χ0n) is 12.2. The predicted octanol–water partition coefficient (Wildman–Crippen LogP) is 3.40. The molecule has 0 saturated carbocycles. The summed E-state index contributed by atoms with van der Waals surface area (Å²) in [6, 6.07) is 6.60. The maximum Gasteiger partial charge on any atom is 0.389 e. The van der Waals surface area contributed by atoms with E-state index in [0.29, 0.717) is 17.2 Å². The van der Waals surface area contributed by atoms with E-state index in [1.165, 1.54) is 0 Å². The van der Waals surface area contributed by atoms with E-state index in [0.717, 1.165) is 13.1 Å². The number of anilines is 1. The molecule has 2 N–H and O–H groups in total. The molecule has 124 valence electrons. The van der Waals surface area contributed by atoms with Gasteiger partial charge in [-0.05, 0) is 43.1 Å². The second-order valence-corrected chi connectivity index (χ2v) is 5.51. The molecule has 3 nitrogen and oxygen atoms in total. The second kappa shape index (κ2) is 7.83. The third-order valence-electron chi connectivity index (χ3n) is 3.83. The molecule has 1 fully saturated rings. The highest BCUT2D eigenvalue weighted by molar-refractivity contribution is 5.92. The third-order valence-corrected chi connectivity index (χ3v) is 3.83. The first kappa shape index (κ1) is 18.8. The lowest BCUT2D eigenvalue weighted by Gasteiger charge is -2.31. The van der Waals surface area contributed by atoms with E-state index >= 15 is 0 Å². The van der Waals surface area contributed by atoms with Crippen molar-refractivity contribution in [3.05, 3.63) is 29.8 Å². The highest BCUT2D eigenvalue weighted by atomic mass is 35.5. The number of aryl methyl sites for hydroxylation is 1. The van der Waals surface area contributed by atoms with Crippen LogP contribution in [-0.4, -0.2) is 25.2 Å². The minimum atomic E-state index is -4.16. The Labute approximate surface area is 134 Å². The lowest BCUT2D eigenvalue weighted by molar-refractivity contribution is -0.134. The minimum Gasteiger partial charge on any atom is -0.326 e. The standard InChI is InChI=1S/C15H19F3N2O.ClH/c1-10(12-8-19-9-12)14(21)20-13-4-2-3-11(7-13)5-6-15(16,17)18;/h2-4,7,10,12,19H,5-6,8-9H2,1H3,(H,20,21);1H. The Bertz CT molecular complexity index is 504. The molecule has 1 saturated heterocycles. The number of rotatable bonds is 5. The van der Waals surface area contributed by atoms with E-state index in [1.54, 1.807) is 24.3 Å². The molecule has 0 bridgehead atoms. The van der Waals surface area contributed by atoms with Crippen LogP contribution in [0.3, 0.4) is 0 Å². The first-order valence-corrected chi connectivity index (χ1v) is 7.02. The molecule has 0 aliphatic carbocycles. The minimum absolute atomic E-state index is 0. The van der Waals surface area contributed by atoms with Gasteiger partial charge in [-0.25, -0.2) is 0 Å². The number of hydrogen-bond acceptors (Lipinski definition) is 2. The molecule has 22 heavy (non-hydrogen) atoms. The monoisotopic (exact) mass is 336 g/mol. The summed E-state index contributed by atoms with van der Waals surface area (Å²) in [5.41, 5.74) is 1.13. The summed E-state index contributed by atoms with van der Waals surface area (Å²) in [4.78, 5) is 12.1. The van der Waals surface area contributed by atoms with E-state index < -0.39 is 12.6 Å². The molecule has 1 aromatic carbocycles. The number of carbonyl (C=O) groups is 1. The Morgan fingerprint density at radius 1 is 1.41 bits per heavy atom. The van der Waals surface area contributed by atoms with Crippen molar-refractivity contribution in [3.63, 3.8) is 0 Å². The molecule has 0 spiro atoms. The molecular formula is C15H20ClF3N2O. The number of carbonyl (C=O) groups excluding carboxylic acids is 1. The van der Waals surface area contributed by atoms with Crippen molar-refractivity contribution in [2.24, 2.45) is 11.8 Å². The Hall–Kier alpha value is -1.27. The molecular weight excluding hydrogens is 317 g/mol. The van der Waals surface area contributed by atoms with Crippen molar-refractivity contribution in [3.8, 4) is 0 Å². The van der Waals surface area contributed by atoms with Gasteiger partial charge in [-0.3, -0.25) is 4.79 Å². The maximum absolute atomic E-state index is 12.2. The van der Waals surface area contributed by atoms with Crippen LogP contribution in [-0.2, 0) is 11.2 Å². The lowest BCUT2D eigenvalue weighted by Crippen LogP contribution is -2.48. The molecule has 2 rings (SSSR count). The fourth-order valence-electron chi connectivity index (χ4n) is 2.23. The van der Waals surface area contributed by atoms with E-state index in [2.05, 4.69) is 10.6 Å². The van der Waals surface area contributed by atoms with Crippen LogP contribution < -0.4 is 10.6 Å². The smallest absolute Gasteiger partial charge is 0.326 e. The molecule has 1 aliphatic heterocycles. The highest BCUT2D eigenvalue weighted by Crippen LogP contribution is 2.23. The van der Waals surface area contributed by atoms with Crippen molar-refractivity contribution in [1.29, 1.82) is 0 Å². The van der Waals surface area contributed by atoms with E-state index in [-0.39, 0.29) is 30.7 Å². The van der Waals surface area contributed by atoms with Crippen LogP contribution in [0.4, 0.5) is 18.9 Å². The fraction of sp³-hybridized carbons (Fsp3) is 0.533. The Morgan fingerprint density at radius 3 is 2.64 bits per heavy atom. The molecule has 1 aromatic rings. The number of nitrogens with one attached hydrogen (secondary N) is 2. The molecule has 1 unspecified atom stereocenters. The Kier molecular flexibility index (Phi) is 6.68. The average molecular weight is 337 g/mol. The van der Waals surface area contributed by atoms with Crippen LogP contribution in [0.1, 0.15) is 18.9 Å². The van der Waals surface area contributed by atoms with Crippen molar-refractivity contribution in [1.82, 2.24) is 5.32 Å². The summed E-state index contributed by atoms with van der Waals surface area (Å²) in [6.45, 7) is 3.54. The van der Waals surface area contributed by atoms with Crippen LogP contribution in [0.15, 0.2) is 24.3 Å². The predicted molar refractivity (Wildman–Crippen MR) is 82.2 cm³/mol. The van der Waals surface area contributed by atoms with Gasteiger partial charge in [0.05, 0.1) is 0 Å². The van der Waals surface area contributed by atoms with Crippen LogP contribution in [0, 0.1) is 11.8 Å². The topological polar surface area (TPSA) is 41.1 Å². The van der Waals surface area contributed by atoms with Gasteiger partial charge in [-0.15, -0.1) is 12.4 Å². The Balaban J connectivity index is 0.00000242. The molecule has 1 aliphatic rings. The van der Waals surface area contributed by atoms with Crippen molar-refractivity contribution >= 4 is 24.0 Å². The van der Waals surface area contributed by atoms with Gasteiger partial charge in [-0.1, -0.05) is 19.1 Å². The van der Waals surface area contributed by atoms with E-state index in [4.69, 9.17) is 0 Å². The zero-order valence-corrected chi connectivity index (χ0v) is 13.1. The molecule has 0 radical (unpaired) electrons. The van der Waals surface area contributed by atoms with Gasteiger partial charge in [0.25, 0.3) is 0 Å². The summed E-state index contributed by atoms with van der Waals surface area (Å²) in [6.07, 6.45) is -5.09. The van der Waals surface area contributed by atoms with Crippen molar-refractivity contribution in [2.45, 2.75) is 25.9 Å². The van der Waals surface area contributed by atoms with Gasteiger partial charge in [0, 0.05) is 18.0 Å². The van der Waals surface area contributed by atoms with Crippen molar-refractivity contribution < 1.29 is 18.0 Å². The largest absolute Gasteiger partial charge is 0.389 e. The first-order chi connectivity index (χ1) is 9.85. The Morgan fingerprint density at radius 2 is 2.09 bits per heavy atom. The van der Waals surface area contributed by atoms with Gasteiger partial charge in [0.1, 0.15) is 0 Å². The van der Waals surface area contributed by atoms with Crippen LogP contribution in [0.2, 0.25) is 0 Å². The molecule has 1 amide bonds. The third kappa shape index (κ3) is 5.50. The summed E-state index contributed by atoms with van der Waals surface area (Å²) >= 11 is 0. The summed E-state index contributed by atoms with van der Waals surface area (Å²) in [5, 5.41) is 5.89. The van der Waals surface area contributed by atoms with Crippen LogP contribution in [0.5, 0.6) is 0 Å². The normalized spacial score (nSPS) is 16.4. The zero-order chi connectivity index (χ0) is 15.5. The molecule has 1 heterocycles. The molecule has 7 heteroatoms. The van der Waals surface area contributed by atoms with Gasteiger partial charge < -0.3 is 10.6 Å². The van der Waals surface area contributed by atoms with E-state index in [9.17, 15) is 18.0 Å². The lowest BCUT2D eigenvalue weighted by atomic mass is 9.88. The quantitative estimate of drug-likeness (QED) is 0.865. The van der Waals surface area contributed by atoms with Gasteiger partial charge in [0.15, 0.2) is 0 Å². The number of alkyl halides is 3. The first-order valence-electron chi connectivity index (χ1n) is 7.02. The number of benzene rings is 1. The summed E-state index contributed by atoms with van der Waals surface area (Å²) < 4.78 is 36.6. The summed E-state index contributed by atoms with van der Waals surface area (Å²) in [7, 11) is 0. The summed E-state index contributed by atoms with van der Waals surface area (Å²) in [5.74, 6) is 0.137. The van der Waals surface area contributed by atoms with E-state index in [1.807, 2.05) is 6.92 Å². The van der Waals surface area contributed by atoms with Crippen LogP contribution >= 0.6 is 12.4 Å². The number of amides is 1. The number of halogens is 4. The van der Waals surface area contributed by atoms with Crippen molar-refractivity contribution in [2.75, 3.05) is 18.4 Å². The van der Waals surface area contributed by atoms with Crippen LogP contribution in [0.25, 0.3) is 0 Å². The van der Waals surface area contributed by atoms with Gasteiger partial charge in [0.2, 0.25) is 5.91 Å².